The van der Waals surface area contributed by atoms with Crippen molar-refractivity contribution >= 4 is 28.3 Å². The first-order valence-corrected chi connectivity index (χ1v) is 13.7. The van der Waals surface area contributed by atoms with Crippen molar-refractivity contribution < 1.29 is 14.3 Å². The molecule has 1 unspecified atom stereocenters. The molecule has 0 fully saturated rings. The van der Waals surface area contributed by atoms with Crippen LogP contribution in [0.4, 0.5) is 11.5 Å². The van der Waals surface area contributed by atoms with Crippen LogP contribution in [0.1, 0.15) is 53.4 Å². The van der Waals surface area contributed by atoms with Crippen LogP contribution in [0.2, 0.25) is 0 Å². The second kappa shape index (κ2) is 13.6. The molecule has 0 radical (unpaired) electrons. The van der Waals surface area contributed by atoms with Crippen LogP contribution in [0, 0.1) is 5.92 Å². The van der Waals surface area contributed by atoms with E-state index in [0.717, 1.165) is 35.0 Å². The highest BCUT2D eigenvalue weighted by Crippen LogP contribution is 2.28. The highest BCUT2D eigenvalue weighted by Gasteiger charge is 2.12. The van der Waals surface area contributed by atoms with E-state index in [1.54, 1.807) is 6.20 Å². The molecule has 2 aromatic heterocycles. The van der Waals surface area contributed by atoms with E-state index in [1.165, 1.54) is 12.8 Å². The third-order valence-electron chi connectivity index (χ3n) is 6.38. The number of carbonyl (C=O) groups excluding carboxylic acids is 1. The van der Waals surface area contributed by atoms with Gasteiger partial charge < -0.3 is 20.1 Å². The smallest absolute Gasteiger partial charge is 0.258 e. The van der Waals surface area contributed by atoms with E-state index < -0.39 is 0 Å². The number of rotatable bonds is 14. The summed E-state index contributed by atoms with van der Waals surface area (Å²) < 4.78 is 11.9. The van der Waals surface area contributed by atoms with Crippen molar-refractivity contribution in [3.63, 3.8) is 0 Å². The zero-order valence-electron chi connectivity index (χ0n) is 23.2. The van der Waals surface area contributed by atoms with Crippen LogP contribution < -0.4 is 20.1 Å². The number of amides is 1. The molecule has 0 saturated carbocycles. The number of nitrogens with one attached hydrogen (secondary N) is 3. The summed E-state index contributed by atoms with van der Waals surface area (Å²) in [5, 5.41) is 14.3. The first-order chi connectivity index (χ1) is 18.9. The van der Waals surface area contributed by atoms with E-state index in [9.17, 15) is 4.79 Å². The van der Waals surface area contributed by atoms with Crippen LogP contribution in [0.15, 0.2) is 54.7 Å². The molecule has 0 aliphatic rings. The summed E-state index contributed by atoms with van der Waals surface area (Å²) in [6, 6.07) is 15.2. The van der Waals surface area contributed by atoms with E-state index >= 15 is 0 Å². The van der Waals surface area contributed by atoms with Crippen LogP contribution in [0.3, 0.4) is 0 Å². The average Bonchev–Trinajstić information content (AvgIpc) is 3.39. The number of hydrogen-bond donors (Lipinski definition) is 3. The normalized spacial score (nSPS) is 11.9. The van der Waals surface area contributed by atoms with Gasteiger partial charge in [-0.3, -0.25) is 9.89 Å². The van der Waals surface area contributed by atoms with Gasteiger partial charge in [0.05, 0.1) is 18.3 Å². The highest BCUT2D eigenvalue weighted by molar-refractivity contribution is 5.82. The molecular weight excluding hydrogens is 492 g/mol. The van der Waals surface area contributed by atoms with Crippen LogP contribution in [-0.4, -0.2) is 45.3 Å². The second-order valence-electron chi connectivity index (χ2n) is 9.95. The molecule has 39 heavy (non-hydrogen) atoms. The molecule has 3 N–H and O–H groups in total. The van der Waals surface area contributed by atoms with Crippen molar-refractivity contribution in [3.8, 4) is 23.0 Å². The monoisotopic (exact) mass is 530 g/mol. The summed E-state index contributed by atoms with van der Waals surface area (Å²) in [5.74, 6) is 2.64. The summed E-state index contributed by atoms with van der Waals surface area (Å²) in [6.45, 7) is 8.79. The van der Waals surface area contributed by atoms with Crippen LogP contribution in [0.5, 0.6) is 11.6 Å². The lowest BCUT2D eigenvalue weighted by Crippen LogP contribution is -2.34. The molecular formula is C30H38N6O3. The van der Waals surface area contributed by atoms with Gasteiger partial charge in [0.15, 0.2) is 12.4 Å². The molecule has 0 bridgehead atoms. The Balaban J connectivity index is 1.56. The van der Waals surface area contributed by atoms with Crippen LogP contribution >= 0.6 is 0 Å². The molecule has 0 aliphatic heterocycles. The lowest BCUT2D eigenvalue weighted by molar-refractivity contribution is -0.123. The van der Waals surface area contributed by atoms with E-state index in [0.29, 0.717) is 35.8 Å². The lowest BCUT2D eigenvalue weighted by Gasteiger charge is -2.15. The Labute approximate surface area is 229 Å². The fourth-order valence-electron chi connectivity index (χ4n) is 4.39. The second-order valence-corrected chi connectivity index (χ2v) is 9.95. The Kier molecular flexibility index (Phi) is 9.72. The number of hydrogen-bond acceptors (Lipinski definition) is 7. The van der Waals surface area contributed by atoms with Gasteiger partial charge in [-0.25, -0.2) is 4.98 Å². The SMILES string of the molecule is CCCC(CC)CCOc1cc(Nc2ccc3[nH]ncc3c2)nc(-c2cccc(OCC(=O)NC(C)C)c2)n1. The van der Waals surface area contributed by atoms with Gasteiger partial charge in [-0.1, -0.05) is 45.2 Å². The van der Waals surface area contributed by atoms with Crippen molar-refractivity contribution in [1.29, 1.82) is 0 Å². The molecule has 9 heteroatoms. The largest absolute Gasteiger partial charge is 0.484 e. The number of carbonyl (C=O) groups is 1. The zero-order chi connectivity index (χ0) is 27.6. The third-order valence-corrected chi connectivity index (χ3v) is 6.38. The van der Waals surface area contributed by atoms with E-state index in [-0.39, 0.29) is 18.6 Å². The summed E-state index contributed by atoms with van der Waals surface area (Å²) in [5.41, 5.74) is 2.60. The Morgan fingerprint density at radius 3 is 2.69 bits per heavy atom. The average molecular weight is 531 g/mol. The van der Waals surface area contributed by atoms with Gasteiger partial charge in [0.2, 0.25) is 5.88 Å². The van der Waals surface area contributed by atoms with Crippen molar-refractivity contribution in [3.05, 3.63) is 54.7 Å². The molecule has 0 aliphatic carbocycles. The summed E-state index contributed by atoms with van der Waals surface area (Å²) in [6.07, 6.45) is 6.26. The molecule has 2 heterocycles. The van der Waals surface area contributed by atoms with E-state index in [2.05, 4.69) is 34.7 Å². The number of fused-ring (bicyclic) bond motifs is 1. The number of aromatic amines is 1. The van der Waals surface area contributed by atoms with Gasteiger partial charge in [-0.2, -0.15) is 10.1 Å². The minimum atomic E-state index is -0.170. The van der Waals surface area contributed by atoms with Gasteiger partial charge in [0, 0.05) is 28.7 Å². The molecule has 0 spiro atoms. The van der Waals surface area contributed by atoms with Gasteiger partial charge >= 0.3 is 0 Å². The summed E-state index contributed by atoms with van der Waals surface area (Å²) >= 11 is 0. The van der Waals surface area contributed by atoms with Crippen LogP contribution in [0.25, 0.3) is 22.3 Å². The Morgan fingerprint density at radius 1 is 1.03 bits per heavy atom. The van der Waals surface area contributed by atoms with Gasteiger partial charge in [0.25, 0.3) is 5.91 Å². The summed E-state index contributed by atoms with van der Waals surface area (Å²) in [4.78, 5) is 21.5. The minimum absolute atomic E-state index is 0.0540. The number of nitrogens with zero attached hydrogens (tertiary/aromatic N) is 3. The van der Waals surface area contributed by atoms with E-state index in [4.69, 9.17) is 19.4 Å². The lowest BCUT2D eigenvalue weighted by atomic mass is 9.98. The maximum absolute atomic E-state index is 12.0. The van der Waals surface area contributed by atoms with Gasteiger partial charge in [0.1, 0.15) is 11.6 Å². The minimum Gasteiger partial charge on any atom is -0.484 e. The molecule has 4 aromatic rings. The number of aromatic nitrogens is 4. The topological polar surface area (TPSA) is 114 Å². The maximum Gasteiger partial charge on any atom is 0.258 e. The third kappa shape index (κ3) is 8.17. The molecule has 1 amide bonds. The van der Waals surface area contributed by atoms with Crippen molar-refractivity contribution in [2.45, 2.75) is 59.4 Å². The van der Waals surface area contributed by atoms with Crippen molar-refractivity contribution in [1.82, 2.24) is 25.5 Å². The molecule has 4 rings (SSSR count). The number of anilines is 2. The molecule has 2 aromatic carbocycles. The maximum atomic E-state index is 12.0. The fraction of sp³-hybridized carbons (Fsp3) is 0.400. The first-order valence-electron chi connectivity index (χ1n) is 13.7. The van der Waals surface area contributed by atoms with Gasteiger partial charge in [-0.05, 0) is 56.5 Å². The Hall–Kier alpha value is -4.14. The Morgan fingerprint density at radius 2 is 1.90 bits per heavy atom. The Bertz CT molecular complexity index is 1370. The number of benzene rings is 2. The molecule has 1 atom stereocenters. The number of H-pyrrole nitrogens is 1. The van der Waals surface area contributed by atoms with Gasteiger partial charge in [-0.15, -0.1) is 0 Å². The molecule has 206 valence electrons. The first kappa shape index (κ1) is 27.9. The zero-order valence-corrected chi connectivity index (χ0v) is 23.2. The fourth-order valence-corrected chi connectivity index (χ4v) is 4.39. The standard InChI is InChI=1S/C30H38N6O3/c1-5-8-21(6-2)13-14-38-29-17-27(33-24-11-12-26-23(15-24)18-31-36-26)34-30(35-29)22-9-7-10-25(16-22)39-19-28(37)32-20(3)4/h7,9-12,15-18,20-21H,5-6,8,13-14,19H2,1-4H3,(H,31,36)(H,32,37)(H,33,34,35). The van der Waals surface area contributed by atoms with Crippen molar-refractivity contribution in [2.24, 2.45) is 5.92 Å². The summed E-state index contributed by atoms with van der Waals surface area (Å²) in [7, 11) is 0. The predicted molar refractivity (Wildman–Crippen MR) is 154 cm³/mol. The predicted octanol–water partition coefficient (Wildman–Crippen LogP) is 6.26. The van der Waals surface area contributed by atoms with E-state index in [1.807, 2.05) is 62.4 Å². The van der Waals surface area contributed by atoms with Crippen LogP contribution in [-0.2, 0) is 4.79 Å². The number of ether oxygens (including phenoxy) is 2. The quantitative estimate of drug-likeness (QED) is 0.176. The highest BCUT2D eigenvalue weighted by atomic mass is 16.5. The molecule has 9 nitrogen and oxygen atoms in total. The van der Waals surface area contributed by atoms with Crippen molar-refractivity contribution in [2.75, 3.05) is 18.5 Å². The molecule has 0 saturated heterocycles.